The highest BCUT2D eigenvalue weighted by molar-refractivity contribution is 8.10. The fourth-order valence-electron chi connectivity index (χ4n) is 0.941. The topological polar surface area (TPSA) is 73.3 Å². The second-order valence-electron chi connectivity index (χ2n) is 2.34. The summed E-state index contributed by atoms with van der Waals surface area (Å²) in [4.78, 5) is 0. The fourth-order valence-corrected chi connectivity index (χ4v) is 1.83. The smallest absolute Gasteiger partial charge is 0.194 e. The molecule has 0 bridgehead atoms. The monoisotopic (exact) mass is 181 g/mol. The lowest BCUT2D eigenvalue weighted by atomic mass is 10.4. The Morgan fingerprint density at radius 3 is 2.70 bits per heavy atom. The highest BCUT2D eigenvalue weighted by Crippen LogP contribution is 2.30. The van der Waals surface area contributed by atoms with Crippen molar-refractivity contribution in [2.24, 2.45) is 11.0 Å². The van der Waals surface area contributed by atoms with Crippen molar-refractivity contribution in [3.8, 4) is 0 Å². The van der Waals surface area contributed by atoms with Gasteiger partial charge in [-0.15, -0.1) is 0 Å². The summed E-state index contributed by atoms with van der Waals surface area (Å²) in [6, 6.07) is 0. The second kappa shape index (κ2) is 3.26. The fraction of sp³-hybridized carbons (Fsp3) is 1.00. The molecule has 0 aromatic heterocycles. The zero-order valence-electron chi connectivity index (χ0n) is 5.62. The molecule has 1 atom stereocenters. The van der Waals surface area contributed by atoms with Gasteiger partial charge in [0.2, 0.25) is 0 Å². The van der Waals surface area contributed by atoms with Crippen LogP contribution in [-0.4, -0.2) is 12.8 Å². The third kappa shape index (κ3) is 3.05. The van der Waals surface area contributed by atoms with Crippen LogP contribution in [0, 0.1) is 0 Å². The van der Waals surface area contributed by atoms with Gasteiger partial charge in [0.05, 0.1) is 0 Å². The third-order valence-electron chi connectivity index (χ3n) is 1.31. The Morgan fingerprint density at radius 2 is 2.30 bits per heavy atom. The minimum Gasteiger partial charge on any atom is -0.308 e. The van der Waals surface area contributed by atoms with Crippen LogP contribution in [-0.2, 0) is 16.3 Å². The van der Waals surface area contributed by atoms with Crippen LogP contribution in [0.15, 0.2) is 0 Å². The average molecular weight is 181 g/mol. The number of nitrogens with one attached hydrogen (secondary N) is 1. The van der Waals surface area contributed by atoms with Crippen molar-refractivity contribution in [1.82, 2.24) is 5.32 Å². The van der Waals surface area contributed by atoms with Gasteiger partial charge in [-0.05, 0) is 31.2 Å². The normalized spacial score (nSPS) is 27.2. The van der Waals surface area contributed by atoms with E-state index >= 15 is 0 Å². The standard InChI is InChI=1S/C4H12N3OPS/c5-9(6,10)8-4-2-1-3-7-4/h4,7H,1-3H2,(H4,5,6,10). The van der Waals surface area contributed by atoms with Gasteiger partial charge in [0.15, 0.2) is 6.57 Å². The van der Waals surface area contributed by atoms with Crippen molar-refractivity contribution in [2.75, 3.05) is 6.54 Å². The summed E-state index contributed by atoms with van der Waals surface area (Å²) < 4.78 is 5.17. The molecular formula is C4H12N3OPS. The molecule has 0 saturated carbocycles. The van der Waals surface area contributed by atoms with Gasteiger partial charge in [-0.25, -0.2) is 0 Å². The van der Waals surface area contributed by atoms with E-state index in [9.17, 15) is 0 Å². The lowest BCUT2D eigenvalue weighted by Crippen LogP contribution is -2.26. The predicted molar refractivity (Wildman–Crippen MR) is 44.8 cm³/mol. The van der Waals surface area contributed by atoms with Crippen LogP contribution in [0.3, 0.4) is 0 Å². The van der Waals surface area contributed by atoms with E-state index in [2.05, 4.69) is 5.32 Å². The molecule has 6 heteroatoms. The van der Waals surface area contributed by atoms with E-state index in [-0.39, 0.29) is 6.23 Å². The molecule has 0 amide bonds. The zero-order chi connectivity index (χ0) is 7.61. The molecule has 0 radical (unpaired) electrons. The molecular weight excluding hydrogens is 169 g/mol. The zero-order valence-corrected chi connectivity index (χ0v) is 7.33. The molecule has 0 aliphatic carbocycles. The molecule has 1 aliphatic heterocycles. The SMILES string of the molecule is NP(N)(=S)OC1CCCN1. The first-order chi connectivity index (χ1) is 4.58. The summed E-state index contributed by atoms with van der Waals surface area (Å²) in [5.74, 6) is 0. The maximum absolute atomic E-state index is 5.36. The number of rotatable bonds is 2. The number of nitrogens with two attached hydrogens (primary N) is 2. The number of hydrogen-bond donors (Lipinski definition) is 3. The Kier molecular flexibility index (Phi) is 2.80. The van der Waals surface area contributed by atoms with Crippen LogP contribution in [0.25, 0.3) is 0 Å². The van der Waals surface area contributed by atoms with Crippen molar-refractivity contribution < 1.29 is 4.52 Å². The molecule has 60 valence electrons. The van der Waals surface area contributed by atoms with Gasteiger partial charge >= 0.3 is 0 Å². The molecule has 1 rings (SSSR count). The molecule has 1 unspecified atom stereocenters. The summed E-state index contributed by atoms with van der Waals surface area (Å²) in [6.07, 6.45) is 2.08. The Hall–Kier alpha value is 0.490. The first kappa shape index (κ1) is 8.59. The van der Waals surface area contributed by atoms with Crippen molar-refractivity contribution in [2.45, 2.75) is 19.1 Å². The lowest BCUT2D eigenvalue weighted by Gasteiger charge is -2.16. The van der Waals surface area contributed by atoms with Gasteiger partial charge < -0.3 is 4.52 Å². The van der Waals surface area contributed by atoms with Crippen molar-refractivity contribution in [1.29, 1.82) is 0 Å². The minimum atomic E-state index is -2.44. The lowest BCUT2D eigenvalue weighted by molar-refractivity contribution is 0.209. The van der Waals surface area contributed by atoms with Gasteiger partial charge in [0.1, 0.15) is 6.23 Å². The van der Waals surface area contributed by atoms with E-state index in [1.807, 2.05) is 0 Å². The first-order valence-corrected chi connectivity index (χ1v) is 6.03. The van der Waals surface area contributed by atoms with Gasteiger partial charge in [0, 0.05) is 0 Å². The molecule has 0 spiro atoms. The van der Waals surface area contributed by atoms with Gasteiger partial charge in [0.25, 0.3) is 0 Å². The molecule has 1 saturated heterocycles. The van der Waals surface area contributed by atoms with Crippen molar-refractivity contribution in [3.05, 3.63) is 0 Å². The Morgan fingerprint density at radius 1 is 1.60 bits per heavy atom. The second-order valence-corrected chi connectivity index (χ2v) is 5.55. The molecule has 4 nitrogen and oxygen atoms in total. The van der Waals surface area contributed by atoms with E-state index in [1.54, 1.807) is 0 Å². The Bertz CT molecular complexity index is 153. The highest BCUT2D eigenvalue weighted by Gasteiger charge is 2.18. The van der Waals surface area contributed by atoms with Crippen molar-refractivity contribution >= 4 is 18.4 Å². The molecule has 1 aliphatic rings. The molecule has 0 aromatic rings. The summed E-state index contributed by atoms with van der Waals surface area (Å²) in [5, 5.41) is 3.09. The molecule has 1 heterocycles. The third-order valence-corrected chi connectivity index (χ3v) is 2.15. The largest absolute Gasteiger partial charge is 0.308 e. The minimum absolute atomic E-state index is 0.000772. The van der Waals surface area contributed by atoms with Crippen LogP contribution in [0.2, 0.25) is 0 Å². The highest BCUT2D eigenvalue weighted by atomic mass is 32.4. The maximum atomic E-state index is 5.36. The van der Waals surface area contributed by atoms with E-state index in [0.717, 1.165) is 19.4 Å². The molecule has 5 N–H and O–H groups in total. The predicted octanol–water partition coefficient (Wildman–Crippen LogP) is -0.146. The van der Waals surface area contributed by atoms with E-state index < -0.39 is 6.57 Å². The van der Waals surface area contributed by atoms with Crippen LogP contribution < -0.4 is 16.3 Å². The molecule has 0 aromatic carbocycles. The van der Waals surface area contributed by atoms with Crippen LogP contribution in [0.4, 0.5) is 0 Å². The van der Waals surface area contributed by atoms with Crippen LogP contribution in [0.5, 0.6) is 0 Å². The summed E-state index contributed by atoms with van der Waals surface area (Å²) in [6.45, 7) is -1.47. The van der Waals surface area contributed by atoms with E-state index in [1.165, 1.54) is 0 Å². The van der Waals surface area contributed by atoms with Crippen LogP contribution in [0.1, 0.15) is 12.8 Å². The van der Waals surface area contributed by atoms with Crippen molar-refractivity contribution in [3.63, 3.8) is 0 Å². The van der Waals surface area contributed by atoms with Gasteiger partial charge in [-0.2, -0.15) is 0 Å². The van der Waals surface area contributed by atoms with E-state index in [4.69, 9.17) is 27.3 Å². The average Bonchev–Trinajstić information content (AvgIpc) is 2.12. The summed E-state index contributed by atoms with van der Waals surface area (Å²) >= 11 is 4.73. The Balaban J connectivity index is 2.31. The summed E-state index contributed by atoms with van der Waals surface area (Å²) in [5.41, 5.74) is 10.7. The maximum Gasteiger partial charge on any atom is 0.194 e. The van der Waals surface area contributed by atoms with Crippen LogP contribution >= 0.6 is 6.57 Å². The summed E-state index contributed by atoms with van der Waals surface area (Å²) in [7, 11) is 0. The Labute approximate surface area is 65.5 Å². The first-order valence-electron chi connectivity index (χ1n) is 3.17. The van der Waals surface area contributed by atoms with Gasteiger partial charge in [-0.1, -0.05) is 0 Å². The quantitative estimate of drug-likeness (QED) is 0.517. The molecule has 10 heavy (non-hydrogen) atoms. The molecule has 1 fully saturated rings. The number of hydrogen-bond acceptors (Lipinski definition) is 3. The van der Waals surface area contributed by atoms with E-state index in [0.29, 0.717) is 0 Å². The van der Waals surface area contributed by atoms with Gasteiger partial charge in [-0.3, -0.25) is 16.3 Å².